The monoisotopic (exact) mass is 280 g/mol. The van der Waals surface area contributed by atoms with Crippen LogP contribution in [0.4, 0.5) is 15.8 Å². The van der Waals surface area contributed by atoms with E-state index in [-0.39, 0.29) is 11.4 Å². The Kier molecular flexibility index (Phi) is 4.11. The number of hydrogen-bond acceptors (Lipinski definition) is 4. The van der Waals surface area contributed by atoms with Crippen molar-refractivity contribution in [3.05, 3.63) is 56.0 Å². The van der Waals surface area contributed by atoms with Gasteiger partial charge in [0.1, 0.15) is 0 Å². The Balaban J connectivity index is 2.10. The molecule has 0 atom stereocenters. The number of benzene rings is 1. The summed E-state index contributed by atoms with van der Waals surface area (Å²) in [5.41, 5.74) is 1.27. The van der Waals surface area contributed by atoms with Crippen LogP contribution in [0.1, 0.15) is 17.4 Å². The lowest BCUT2D eigenvalue weighted by atomic mass is 10.2. The fraction of sp³-hybridized carbons (Fsp3) is 0.231. The highest BCUT2D eigenvalue weighted by molar-refractivity contribution is 7.10. The first-order valence-electron chi connectivity index (χ1n) is 5.85. The summed E-state index contributed by atoms with van der Waals surface area (Å²) in [4.78, 5) is 11.1. The molecule has 1 heterocycles. The van der Waals surface area contributed by atoms with E-state index in [0.717, 1.165) is 17.4 Å². The Bertz CT molecular complexity index is 598. The predicted molar refractivity (Wildman–Crippen MR) is 74.1 cm³/mol. The number of halogens is 1. The van der Waals surface area contributed by atoms with Crippen LogP contribution < -0.4 is 5.32 Å². The molecular formula is C13H13FN2O2S. The predicted octanol–water partition coefficient (Wildman–Crippen LogP) is 3.97. The number of nitrogens with one attached hydrogen (secondary N) is 1. The summed E-state index contributed by atoms with van der Waals surface area (Å²) in [6, 6.07) is 5.67. The standard InChI is InChI=1S/C13H13FN2O2S/c1-2-9-5-6-19-13(9)8-15-12-4-3-10(16(17)18)7-11(12)14/h3-7,15H,2,8H2,1H3. The van der Waals surface area contributed by atoms with Gasteiger partial charge in [0.2, 0.25) is 0 Å². The summed E-state index contributed by atoms with van der Waals surface area (Å²) in [5, 5.41) is 15.5. The van der Waals surface area contributed by atoms with Crippen molar-refractivity contribution in [2.75, 3.05) is 5.32 Å². The molecule has 0 saturated heterocycles. The van der Waals surface area contributed by atoms with Gasteiger partial charge in [-0.2, -0.15) is 0 Å². The lowest BCUT2D eigenvalue weighted by molar-refractivity contribution is -0.385. The van der Waals surface area contributed by atoms with Crippen molar-refractivity contribution < 1.29 is 9.31 Å². The molecule has 2 aromatic rings. The lowest BCUT2D eigenvalue weighted by Crippen LogP contribution is -2.02. The topological polar surface area (TPSA) is 55.2 Å². The molecule has 0 amide bonds. The fourth-order valence-corrected chi connectivity index (χ4v) is 2.69. The van der Waals surface area contributed by atoms with Gasteiger partial charge in [0, 0.05) is 17.5 Å². The lowest BCUT2D eigenvalue weighted by Gasteiger charge is -2.07. The second-order valence-corrected chi connectivity index (χ2v) is 5.00. The van der Waals surface area contributed by atoms with E-state index in [4.69, 9.17) is 0 Å². The third-order valence-corrected chi connectivity index (χ3v) is 3.78. The third kappa shape index (κ3) is 3.08. The van der Waals surface area contributed by atoms with Gasteiger partial charge in [-0.15, -0.1) is 11.3 Å². The van der Waals surface area contributed by atoms with Crippen LogP contribution in [0, 0.1) is 15.9 Å². The van der Waals surface area contributed by atoms with E-state index in [1.165, 1.54) is 17.7 Å². The maximum absolute atomic E-state index is 13.7. The van der Waals surface area contributed by atoms with E-state index in [0.29, 0.717) is 6.54 Å². The van der Waals surface area contributed by atoms with Crippen molar-refractivity contribution in [2.24, 2.45) is 0 Å². The maximum Gasteiger partial charge on any atom is 0.272 e. The molecule has 1 aromatic heterocycles. The molecule has 0 aliphatic heterocycles. The van der Waals surface area contributed by atoms with Crippen molar-refractivity contribution in [1.29, 1.82) is 0 Å². The first kappa shape index (κ1) is 13.5. The van der Waals surface area contributed by atoms with Crippen LogP contribution in [0.25, 0.3) is 0 Å². The van der Waals surface area contributed by atoms with Gasteiger partial charge in [-0.3, -0.25) is 10.1 Å². The Morgan fingerprint density at radius 3 is 2.84 bits per heavy atom. The summed E-state index contributed by atoms with van der Waals surface area (Å²) in [5.74, 6) is -0.608. The molecule has 4 nitrogen and oxygen atoms in total. The van der Waals surface area contributed by atoms with E-state index in [2.05, 4.69) is 12.2 Å². The Morgan fingerprint density at radius 1 is 1.42 bits per heavy atom. The largest absolute Gasteiger partial charge is 0.378 e. The van der Waals surface area contributed by atoms with Gasteiger partial charge >= 0.3 is 0 Å². The molecule has 0 aliphatic rings. The van der Waals surface area contributed by atoms with Crippen LogP contribution in [0.5, 0.6) is 0 Å². The summed E-state index contributed by atoms with van der Waals surface area (Å²) in [6.07, 6.45) is 0.934. The minimum Gasteiger partial charge on any atom is -0.378 e. The number of rotatable bonds is 5. The average Bonchev–Trinajstić information content (AvgIpc) is 2.84. The Labute approximate surface area is 114 Å². The molecule has 100 valence electrons. The molecule has 0 aliphatic carbocycles. The molecule has 0 fully saturated rings. The van der Waals surface area contributed by atoms with E-state index < -0.39 is 10.7 Å². The van der Waals surface area contributed by atoms with Crippen LogP contribution in [0.15, 0.2) is 29.6 Å². The Morgan fingerprint density at radius 2 is 2.21 bits per heavy atom. The van der Waals surface area contributed by atoms with E-state index in [9.17, 15) is 14.5 Å². The first-order chi connectivity index (χ1) is 9.11. The van der Waals surface area contributed by atoms with Gasteiger partial charge in [-0.1, -0.05) is 6.92 Å². The van der Waals surface area contributed by atoms with Crippen molar-refractivity contribution in [1.82, 2.24) is 0 Å². The van der Waals surface area contributed by atoms with Gasteiger partial charge in [0.25, 0.3) is 5.69 Å². The molecular weight excluding hydrogens is 267 g/mol. The number of thiophene rings is 1. The van der Waals surface area contributed by atoms with Crippen molar-refractivity contribution in [3.8, 4) is 0 Å². The number of nitrogens with zero attached hydrogens (tertiary/aromatic N) is 1. The second-order valence-electron chi connectivity index (χ2n) is 4.00. The van der Waals surface area contributed by atoms with Gasteiger partial charge in [0.05, 0.1) is 16.7 Å². The number of aryl methyl sites for hydroxylation is 1. The molecule has 6 heteroatoms. The SMILES string of the molecule is CCc1ccsc1CNc1ccc([N+](=O)[O-])cc1F. The minimum atomic E-state index is -0.610. The number of non-ortho nitro benzene ring substituents is 1. The number of hydrogen-bond donors (Lipinski definition) is 1. The molecule has 2 rings (SSSR count). The van der Waals surface area contributed by atoms with Crippen LogP contribution >= 0.6 is 11.3 Å². The van der Waals surface area contributed by atoms with Crippen LogP contribution in [-0.4, -0.2) is 4.92 Å². The van der Waals surface area contributed by atoms with Gasteiger partial charge in [-0.05, 0) is 29.5 Å². The molecule has 0 saturated carbocycles. The molecule has 0 unspecified atom stereocenters. The number of nitro groups is 1. The molecule has 0 radical (unpaired) electrons. The molecule has 0 bridgehead atoms. The highest BCUT2D eigenvalue weighted by atomic mass is 32.1. The zero-order chi connectivity index (χ0) is 13.8. The van der Waals surface area contributed by atoms with Crippen molar-refractivity contribution >= 4 is 22.7 Å². The van der Waals surface area contributed by atoms with Crippen LogP contribution in [-0.2, 0) is 13.0 Å². The van der Waals surface area contributed by atoms with Crippen LogP contribution in [0.2, 0.25) is 0 Å². The average molecular weight is 280 g/mol. The van der Waals surface area contributed by atoms with Gasteiger partial charge < -0.3 is 5.32 Å². The normalized spacial score (nSPS) is 10.4. The van der Waals surface area contributed by atoms with Crippen molar-refractivity contribution in [3.63, 3.8) is 0 Å². The zero-order valence-electron chi connectivity index (χ0n) is 10.4. The van der Waals surface area contributed by atoms with E-state index >= 15 is 0 Å². The van der Waals surface area contributed by atoms with Crippen LogP contribution in [0.3, 0.4) is 0 Å². The molecule has 1 aromatic carbocycles. The fourth-order valence-electron chi connectivity index (χ4n) is 1.77. The summed E-state index contributed by atoms with van der Waals surface area (Å²) in [7, 11) is 0. The molecule has 19 heavy (non-hydrogen) atoms. The highest BCUT2D eigenvalue weighted by Crippen LogP contribution is 2.23. The third-order valence-electron chi connectivity index (χ3n) is 2.82. The van der Waals surface area contributed by atoms with Gasteiger partial charge in [0.15, 0.2) is 5.82 Å². The first-order valence-corrected chi connectivity index (χ1v) is 6.73. The van der Waals surface area contributed by atoms with E-state index in [1.54, 1.807) is 11.3 Å². The summed E-state index contributed by atoms with van der Waals surface area (Å²) >= 11 is 1.61. The number of nitro benzene ring substituents is 1. The highest BCUT2D eigenvalue weighted by Gasteiger charge is 2.11. The van der Waals surface area contributed by atoms with Gasteiger partial charge in [-0.25, -0.2) is 4.39 Å². The molecule has 0 spiro atoms. The second kappa shape index (κ2) is 5.79. The quantitative estimate of drug-likeness (QED) is 0.666. The minimum absolute atomic E-state index is 0.242. The maximum atomic E-state index is 13.7. The van der Waals surface area contributed by atoms with Crippen molar-refractivity contribution in [2.45, 2.75) is 19.9 Å². The summed E-state index contributed by atoms with van der Waals surface area (Å²) in [6.45, 7) is 2.59. The zero-order valence-corrected chi connectivity index (χ0v) is 11.2. The molecule has 1 N–H and O–H groups in total. The Hall–Kier alpha value is -1.95. The van der Waals surface area contributed by atoms with E-state index in [1.807, 2.05) is 11.4 Å². The number of anilines is 1. The smallest absolute Gasteiger partial charge is 0.272 e. The summed E-state index contributed by atoms with van der Waals surface area (Å²) < 4.78 is 13.7.